The summed E-state index contributed by atoms with van der Waals surface area (Å²) in [4.78, 5) is 22.9. The number of thiocarbonyl (C=S) groups is 1. The van der Waals surface area contributed by atoms with Gasteiger partial charge in [0.2, 0.25) is 5.91 Å². The Morgan fingerprint density at radius 3 is 2.77 bits per heavy atom. The van der Waals surface area contributed by atoms with Crippen molar-refractivity contribution in [3.63, 3.8) is 0 Å². The van der Waals surface area contributed by atoms with Crippen molar-refractivity contribution in [2.24, 2.45) is 0 Å². The van der Waals surface area contributed by atoms with Crippen molar-refractivity contribution >= 4 is 46.5 Å². The molecule has 8 heteroatoms. The molecule has 3 N–H and O–H groups in total. The third kappa shape index (κ3) is 6.73. The summed E-state index contributed by atoms with van der Waals surface area (Å²) < 4.78 is 4.86. The number of esters is 1. The molecule has 1 amide bonds. The van der Waals surface area contributed by atoms with E-state index in [9.17, 15) is 14.7 Å². The van der Waals surface area contributed by atoms with Gasteiger partial charge in [-0.1, -0.05) is 18.5 Å². The highest BCUT2D eigenvalue weighted by Gasteiger charge is 2.10. The topological polar surface area (TPSA) is 87.7 Å². The number of hydrogen-bond acceptors (Lipinski definition) is 5. The highest BCUT2D eigenvalue weighted by Crippen LogP contribution is 2.26. The van der Waals surface area contributed by atoms with E-state index in [2.05, 4.69) is 10.6 Å². The van der Waals surface area contributed by atoms with Gasteiger partial charge >= 0.3 is 5.97 Å². The average Bonchev–Trinajstić information content (AvgIpc) is 2.46. The van der Waals surface area contributed by atoms with Crippen LogP contribution in [-0.2, 0) is 14.3 Å². The summed E-state index contributed by atoms with van der Waals surface area (Å²) in [6.45, 7) is 2.23. The number of phenolic OH excluding ortho intramolecular Hbond substituents is 1. The van der Waals surface area contributed by atoms with E-state index in [-0.39, 0.29) is 29.4 Å². The average molecular weight is 345 g/mol. The number of amides is 1. The van der Waals surface area contributed by atoms with Crippen molar-refractivity contribution < 1.29 is 19.4 Å². The van der Waals surface area contributed by atoms with Crippen LogP contribution in [0.3, 0.4) is 0 Å². The largest absolute Gasteiger partial charge is 0.506 e. The van der Waals surface area contributed by atoms with Crippen LogP contribution in [0, 0.1) is 0 Å². The van der Waals surface area contributed by atoms with Crippen LogP contribution in [0.4, 0.5) is 5.69 Å². The molecule has 0 bridgehead atoms. The second kappa shape index (κ2) is 9.22. The van der Waals surface area contributed by atoms with E-state index in [1.54, 1.807) is 0 Å². The fourth-order valence-electron chi connectivity index (χ4n) is 1.45. The molecule has 0 aliphatic heterocycles. The molecule has 0 unspecified atom stereocenters. The molecule has 0 saturated heterocycles. The van der Waals surface area contributed by atoms with Gasteiger partial charge in [-0.15, -0.1) is 0 Å². The lowest BCUT2D eigenvalue weighted by molar-refractivity contribution is -0.144. The van der Waals surface area contributed by atoms with Gasteiger partial charge in [-0.3, -0.25) is 9.59 Å². The summed E-state index contributed by atoms with van der Waals surface area (Å²) in [6.07, 6.45) is 0.678. The zero-order valence-corrected chi connectivity index (χ0v) is 13.6. The Labute approximate surface area is 138 Å². The van der Waals surface area contributed by atoms with Gasteiger partial charge in [-0.25, -0.2) is 0 Å². The first-order valence-corrected chi connectivity index (χ1v) is 7.46. The first kappa shape index (κ1) is 18.2. The number of rotatable bonds is 6. The highest BCUT2D eigenvalue weighted by atomic mass is 35.5. The number of carbonyl (C=O) groups is 2. The number of halogens is 1. The standard InChI is InChI=1S/C14H17ClN2O4S/c1-2-7-21-13(20)6-5-12(19)17-14(22)16-10-8-9(15)3-4-11(10)18/h3-4,8,18H,2,5-7H2,1H3,(H2,16,17,19,22). The van der Waals surface area contributed by atoms with Crippen LogP contribution < -0.4 is 10.6 Å². The molecule has 0 aromatic heterocycles. The molecule has 0 radical (unpaired) electrons. The normalized spacial score (nSPS) is 9.91. The fraction of sp³-hybridized carbons (Fsp3) is 0.357. The van der Waals surface area contributed by atoms with Crippen molar-refractivity contribution in [3.8, 4) is 5.75 Å². The number of nitrogens with one attached hydrogen (secondary N) is 2. The predicted octanol–water partition coefficient (Wildman–Crippen LogP) is 2.59. The number of carbonyl (C=O) groups excluding carboxylic acids is 2. The first-order chi connectivity index (χ1) is 10.4. The molecule has 22 heavy (non-hydrogen) atoms. The third-order valence-electron chi connectivity index (χ3n) is 2.48. The Bertz CT molecular complexity index is 566. The summed E-state index contributed by atoms with van der Waals surface area (Å²) in [7, 11) is 0. The van der Waals surface area contributed by atoms with Gasteiger partial charge in [0.1, 0.15) is 5.75 Å². The lowest BCUT2D eigenvalue weighted by Gasteiger charge is -2.11. The Morgan fingerprint density at radius 1 is 1.36 bits per heavy atom. The van der Waals surface area contributed by atoms with Gasteiger partial charge < -0.3 is 20.5 Å². The van der Waals surface area contributed by atoms with Crippen LogP contribution in [0.25, 0.3) is 0 Å². The zero-order chi connectivity index (χ0) is 16.5. The fourth-order valence-corrected chi connectivity index (χ4v) is 1.85. The number of anilines is 1. The van der Waals surface area contributed by atoms with E-state index in [4.69, 9.17) is 28.6 Å². The Hall–Kier alpha value is -1.86. The Kier molecular flexibility index (Phi) is 7.62. The maximum atomic E-state index is 11.6. The molecule has 0 atom stereocenters. The highest BCUT2D eigenvalue weighted by molar-refractivity contribution is 7.80. The second-order valence-electron chi connectivity index (χ2n) is 4.38. The monoisotopic (exact) mass is 344 g/mol. The van der Waals surface area contributed by atoms with Gasteiger partial charge in [0.25, 0.3) is 0 Å². The number of benzene rings is 1. The van der Waals surface area contributed by atoms with Gasteiger partial charge in [-0.2, -0.15) is 0 Å². The van der Waals surface area contributed by atoms with E-state index in [1.165, 1.54) is 18.2 Å². The minimum atomic E-state index is -0.427. The van der Waals surface area contributed by atoms with Gasteiger partial charge in [0, 0.05) is 11.4 Å². The summed E-state index contributed by atoms with van der Waals surface area (Å²) >= 11 is 10.8. The van der Waals surface area contributed by atoms with Crippen molar-refractivity contribution in [1.82, 2.24) is 5.32 Å². The summed E-state index contributed by atoms with van der Waals surface area (Å²) in [5.74, 6) is -0.903. The Balaban J connectivity index is 2.40. The minimum Gasteiger partial charge on any atom is -0.506 e. The van der Waals surface area contributed by atoms with Gasteiger partial charge in [0.05, 0.1) is 18.7 Å². The van der Waals surface area contributed by atoms with Crippen LogP contribution >= 0.6 is 23.8 Å². The SMILES string of the molecule is CCCOC(=O)CCC(=O)NC(=S)Nc1cc(Cl)ccc1O. The summed E-state index contributed by atoms with van der Waals surface area (Å²) in [5.41, 5.74) is 0.278. The van der Waals surface area contributed by atoms with Crippen LogP contribution in [0.5, 0.6) is 5.75 Å². The van der Waals surface area contributed by atoms with Crippen molar-refractivity contribution in [3.05, 3.63) is 23.2 Å². The molecule has 0 saturated carbocycles. The summed E-state index contributed by atoms with van der Waals surface area (Å²) in [6, 6.07) is 4.39. The quantitative estimate of drug-likeness (QED) is 0.417. The lowest BCUT2D eigenvalue weighted by Crippen LogP contribution is -2.34. The number of aromatic hydroxyl groups is 1. The maximum absolute atomic E-state index is 11.6. The molecule has 1 rings (SSSR count). The number of ether oxygens (including phenoxy) is 1. The minimum absolute atomic E-state index is 0.00416. The third-order valence-corrected chi connectivity index (χ3v) is 2.92. The molecule has 6 nitrogen and oxygen atoms in total. The molecule has 0 heterocycles. The molecule has 0 aliphatic carbocycles. The molecular weight excluding hydrogens is 328 g/mol. The molecular formula is C14H17ClN2O4S. The van der Waals surface area contributed by atoms with Crippen molar-refractivity contribution in [2.75, 3.05) is 11.9 Å². The Morgan fingerprint density at radius 2 is 2.09 bits per heavy atom. The molecule has 120 valence electrons. The van der Waals surface area contributed by atoms with Crippen molar-refractivity contribution in [2.45, 2.75) is 26.2 Å². The molecule has 0 fully saturated rings. The zero-order valence-electron chi connectivity index (χ0n) is 12.0. The van der Waals surface area contributed by atoms with Crippen LogP contribution in [-0.4, -0.2) is 28.7 Å². The lowest BCUT2D eigenvalue weighted by atomic mass is 10.3. The van der Waals surface area contributed by atoms with Crippen molar-refractivity contribution in [1.29, 1.82) is 0 Å². The van der Waals surface area contributed by atoms with Crippen LogP contribution in [0.1, 0.15) is 26.2 Å². The molecule has 1 aromatic rings. The predicted molar refractivity (Wildman–Crippen MR) is 88.0 cm³/mol. The van der Waals surface area contributed by atoms with Crippen LogP contribution in [0.15, 0.2) is 18.2 Å². The van der Waals surface area contributed by atoms with Crippen LogP contribution in [0.2, 0.25) is 5.02 Å². The number of phenols is 1. The smallest absolute Gasteiger partial charge is 0.306 e. The molecule has 0 aliphatic rings. The number of hydrogen-bond donors (Lipinski definition) is 3. The van der Waals surface area contributed by atoms with E-state index < -0.39 is 11.9 Å². The van der Waals surface area contributed by atoms with Gasteiger partial charge in [-0.05, 0) is 36.8 Å². The van der Waals surface area contributed by atoms with E-state index in [0.717, 1.165) is 6.42 Å². The van der Waals surface area contributed by atoms with E-state index in [0.29, 0.717) is 11.6 Å². The maximum Gasteiger partial charge on any atom is 0.306 e. The van der Waals surface area contributed by atoms with E-state index in [1.807, 2.05) is 6.92 Å². The second-order valence-corrected chi connectivity index (χ2v) is 5.23. The molecule has 0 spiro atoms. The first-order valence-electron chi connectivity index (χ1n) is 6.67. The molecule has 1 aromatic carbocycles. The van der Waals surface area contributed by atoms with E-state index >= 15 is 0 Å². The summed E-state index contributed by atoms with van der Waals surface area (Å²) in [5, 5.41) is 15.1. The van der Waals surface area contributed by atoms with Gasteiger partial charge in [0.15, 0.2) is 5.11 Å².